The number of ether oxygens (including phenoxy) is 1. The molecule has 0 aromatic heterocycles. The monoisotopic (exact) mass is 453 g/mol. The number of hydrogen-bond donors (Lipinski definition) is 2. The molecule has 0 saturated heterocycles. The second-order valence-electron chi connectivity index (χ2n) is 7.80. The summed E-state index contributed by atoms with van der Waals surface area (Å²) in [5.41, 5.74) is -2.85. The summed E-state index contributed by atoms with van der Waals surface area (Å²) in [5.74, 6) is 4.18. The highest BCUT2D eigenvalue weighted by molar-refractivity contribution is 6.08. The smallest absolute Gasteiger partial charge is 0.384 e. The van der Waals surface area contributed by atoms with Crippen molar-refractivity contribution in [1.29, 1.82) is 0 Å². The van der Waals surface area contributed by atoms with E-state index in [-0.39, 0.29) is 23.4 Å². The summed E-state index contributed by atoms with van der Waals surface area (Å²) in [6, 6.07) is 14.8. The lowest BCUT2D eigenvalue weighted by Gasteiger charge is -2.31. The lowest BCUT2D eigenvalue weighted by Crippen LogP contribution is -2.40. The van der Waals surface area contributed by atoms with Gasteiger partial charge in [-0.05, 0) is 41.0 Å². The minimum atomic E-state index is -4.76. The van der Waals surface area contributed by atoms with Gasteiger partial charge >= 0.3 is 6.18 Å². The van der Waals surface area contributed by atoms with E-state index in [1.165, 1.54) is 6.07 Å². The first kappa shape index (κ1) is 22.8. The summed E-state index contributed by atoms with van der Waals surface area (Å²) < 4.78 is 48.9. The summed E-state index contributed by atoms with van der Waals surface area (Å²) >= 11 is 0. The maximum atomic E-state index is 14.3. The SMILES string of the molecule is CCCCOC1(c2ccc3ccccc3c2)C(=O)Nc2cc(C#CCO)cc(C(F)(F)F)c21. The molecule has 3 aromatic carbocycles. The van der Waals surface area contributed by atoms with Crippen molar-refractivity contribution in [3.63, 3.8) is 0 Å². The van der Waals surface area contributed by atoms with E-state index in [2.05, 4.69) is 17.2 Å². The minimum absolute atomic E-state index is 0.00159. The van der Waals surface area contributed by atoms with Crippen LogP contribution in [0.5, 0.6) is 0 Å². The molecule has 0 bridgehead atoms. The summed E-state index contributed by atoms with van der Waals surface area (Å²) in [6.07, 6.45) is -3.42. The highest BCUT2D eigenvalue weighted by Crippen LogP contribution is 2.50. The number of aliphatic hydroxyl groups excluding tert-OH is 1. The average molecular weight is 453 g/mol. The Morgan fingerprint density at radius 3 is 2.55 bits per heavy atom. The summed E-state index contributed by atoms with van der Waals surface area (Å²) in [7, 11) is 0. The van der Waals surface area contributed by atoms with Gasteiger partial charge in [-0.25, -0.2) is 0 Å². The van der Waals surface area contributed by atoms with Gasteiger partial charge in [-0.15, -0.1) is 0 Å². The van der Waals surface area contributed by atoms with Gasteiger partial charge in [-0.1, -0.05) is 61.6 Å². The number of hydrogen-bond acceptors (Lipinski definition) is 3. The predicted molar refractivity (Wildman–Crippen MR) is 120 cm³/mol. The largest absolute Gasteiger partial charge is 0.416 e. The van der Waals surface area contributed by atoms with Gasteiger partial charge < -0.3 is 15.2 Å². The van der Waals surface area contributed by atoms with Gasteiger partial charge in [0.25, 0.3) is 5.91 Å². The van der Waals surface area contributed by atoms with Crippen LogP contribution >= 0.6 is 0 Å². The van der Waals surface area contributed by atoms with Crippen LogP contribution in [0.1, 0.15) is 42.0 Å². The Kier molecular flexibility index (Phi) is 6.15. The molecule has 2 N–H and O–H groups in total. The zero-order valence-corrected chi connectivity index (χ0v) is 17.9. The van der Waals surface area contributed by atoms with Crippen LogP contribution in [0.4, 0.5) is 18.9 Å². The lowest BCUT2D eigenvalue weighted by atomic mass is 9.82. The van der Waals surface area contributed by atoms with Gasteiger partial charge in [0, 0.05) is 23.4 Å². The number of aliphatic hydroxyl groups is 1. The number of anilines is 1. The van der Waals surface area contributed by atoms with E-state index < -0.39 is 29.9 Å². The fourth-order valence-corrected chi connectivity index (χ4v) is 4.16. The van der Waals surface area contributed by atoms with Crippen molar-refractivity contribution in [2.24, 2.45) is 0 Å². The lowest BCUT2D eigenvalue weighted by molar-refractivity contribution is -0.144. The van der Waals surface area contributed by atoms with Crippen molar-refractivity contribution < 1.29 is 27.8 Å². The number of rotatable bonds is 5. The van der Waals surface area contributed by atoms with Crippen molar-refractivity contribution in [3.05, 3.63) is 76.9 Å². The molecule has 1 atom stereocenters. The van der Waals surface area contributed by atoms with E-state index in [1.807, 2.05) is 31.2 Å². The zero-order valence-electron chi connectivity index (χ0n) is 17.9. The molecule has 4 nitrogen and oxygen atoms in total. The molecule has 7 heteroatoms. The number of carbonyl (C=O) groups excluding carboxylic acids is 1. The van der Waals surface area contributed by atoms with Gasteiger partial charge in [0.15, 0.2) is 5.60 Å². The van der Waals surface area contributed by atoms with Gasteiger partial charge in [0.2, 0.25) is 0 Å². The molecule has 170 valence electrons. The van der Waals surface area contributed by atoms with Crippen LogP contribution in [0.25, 0.3) is 10.8 Å². The van der Waals surface area contributed by atoms with Gasteiger partial charge in [0.1, 0.15) is 6.61 Å². The highest BCUT2D eigenvalue weighted by atomic mass is 19.4. The fraction of sp³-hybridized carbons (Fsp3) is 0.269. The van der Waals surface area contributed by atoms with E-state index >= 15 is 0 Å². The molecular weight excluding hydrogens is 431 g/mol. The first-order valence-electron chi connectivity index (χ1n) is 10.6. The number of amides is 1. The quantitative estimate of drug-likeness (QED) is 0.412. The molecule has 33 heavy (non-hydrogen) atoms. The van der Waals surface area contributed by atoms with E-state index in [9.17, 15) is 18.0 Å². The standard InChI is InChI=1S/C26H22F3NO3/c1-2-3-13-33-25(20-11-10-18-8-4-5-9-19(18)16-20)23-21(26(27,28)29)14-17(7-6-12-31)15-22(23)30-24(25)32/h4-5,8-11,14-16,31H,2-3,12-13H2,1H3,(H,30,32). The molecule has 4 rings (SSSR count). The molecular formula is C26H22F3NO3. The molecule has 0 radical (unpaired) electrons. The molecule has 0 fully saturated rings. The number of nitrogens with one attached hydrogen (secondary N) is 1. The second kappa shape index (κ2) is 8.89. The molecule has 0 aliphatic carbocycles. The third-order valence-electron chi connectivity index (χ3n) is 5.65. The normalized spacial score (nSPS) is 17.4. The summed E-state index contributed by atoms with van der Waals surface area (Å²) in [6.45, 7) is 1.55. The summed E-state index contributed by atoms with van der Waals surface area (Å²) in [4.78, 5) is 13.4. The Bertz CT molecular complexity index is 1270. The maximum absolute atomic E-state index is 14.3. The van der Waals surface area contributed by atoms with Crippen LogP contribution in [0.2, 0.25) is 0 Å². The van der Waals surface area contributed by atoms with Gasteiger partial charge in [0.05, 0.1) is 5.56 Å². The minimum Gasteiger partial charge on any atom is -0.384 e. The number of fused-ring (bicyclic) bond motifs is 2. The van der Waals surface area contributed by atoms with Crippen LogP contribution < -0.4 is 5.32 Å². The second-order valence-corrected chi connectivity index (χ2v) is 7.80. The van der Waals surface area contributed by atoms with Crippen molar-refractivity contribution in [2.45, 2.75) is 31.5 Å². The molecule has 1 aliphatic rings. The van der Waals surface area contributed by atoms with Crippen molar-refractivity contribution >= 4 is 22.4 Å². The maximum Gasteiger partial charge on any atom is 0.416 e. The van der Waals surface area contributed by atoms with Crippen molar-refractivity contribution in [3.8, 4) is 11.8 Å². The highest BCUT2D eigenvalue weighted by Gasteiger charge is 2.54. The molecule has 1 unspecified atom stereocenters. The molecule has 1 heterocycles. The Hall–Kier alpha value is -3.34. The van der Waals surface area contributed by atoms with E-state index in [0.29, 0.717) is 12.0 Å². The topological polar surface area (TPSA) is 58.6 Å². The van der Waals surface area contributed by atoms with Crippen LogP contribution in [0, 0.1) is 11.8 Å². The molecule has 1 aliphatic heterocycles. The van der Waals surface area contributed by atoms with Crippen LogP contribution in [-0.2, 0) is 21.3 Å². The summed E-state index contributed by atoms with van der Waals surface area (Å²) in [5, 5.41) is 13.2. The van der Waals surface area contributed by atoms with E-state index in [0.717, 1.165) is 23.3 Å². The van der Waals surface area contributed by atoms with Crippen molar-refractivity contribution in [1.82, 2.24) is 0 Å². The third-order valence-corrected chi connectivity index (χ3v) is 5.65. The van der Waals surface area contributed by atoms with Gasteiger partial charge in [-0.3, -0.25) is 4.79 Å². The Labute approximate surface area is 189 Å². The average Bonchev–Trinajstić information content (AvgIpc) is 3.08. The first-order chi connectivity index (χ1) is 15.8. The number of benzene rings is 3. The number of halogens is 3. The van der Waals surface area contributed by atoms with Crippen LogP contribution in [0.15, 0.2) is 54.6 Å². The Balaban J connectivity index is 2.01. The van der Waals surface area contributed by atoms with Crippen LogP contribution in [-0.4, -0.2) is 24.2 Å². The third kappa shape index (κ3) is 4.08. The van der Waals surface area contributed by atoms with E-state index in [4.69, 9.17) is 9.84 Å². The zero-order chi connectivity index (χ0) is 23.6. The fourth-order valence-electron chi connectivity index (χ4n) is 4.16. The first-order valence-corrected chi connectivity index (χ1v) is 10.6. The predicted octanol–water partition coefficient (Wildman–Crippen LogP) is 5.21. The Morgan fingerprint density at radius 2 is 1.85 bits per heavy atom. The van der Waals surface area contributed by atoms with Crippen LogP contribution in [0.3, 0.4) is 0 Å². The van der Waals surface area contributed by atoms with Gasteiger partial charge in [-0.2, -0.15) is 13.2 Å². The number of alkyl halides is 3. The molecule has 3 aromatic rings. The van der Waals surface area contributed by atoms with Crippen molar-refractivity contribution in [2.75, 3.05) is 18.5 Å². The molecule has 0 spiro atoms. The molecule has 0 saturated carbocycles. The van der Waals surface area contributed by atoms with E-state index in [1.54, 1.807) is 18.2 Å². The number of unbranched alkanes of at least 4 members (excludes halogenated alkanes) is 1. The number of carbonyl (C=O) groups is 1. The molecule has 1 amide bonds. The Morgan fingerprint density at radius 1 is 1.09 bits per heavy atom.